The average Bonchev–Trinajstić information content (AvgIpc) is 3.22. The fourth-order valence-electron chi connectivity index (χ4n) is 3.41. The number of nitro benzene ring substituents is 1. The van der Waals surface area contributed by atoms with Gasteiger partial charge in [-0.25, -0.2) is 0 Å². The standard InChI is InChI=1S/C23H21ClF3N3O4/c1-34-11-10-29(22(31)17-7-8-20(24)21(13-17)30(32)33)15-19-6-3-9-28(19)14-16-4-2-5-18(12-16)23(25,26)27/h2-9,12-13H,10-11,14-15H2,1H3. The minimum Gasteiger partial charge on any atom is -0.383 e. The molecule has 0 saturated carbocycles. The molecule has 0 fully saturated rings. The van der Waals surface area contributed by atoms with Gasteiger partial charge in [-0.2, -0.15) is 13.2 Å². The lowest BCUT2D eigenvalue weighted by atomic mass is 10.1. The summed E-state index contributed by atoms with van der Waals surface area (Å²) >= 11 is 5.85. The van der Waals surface area contributed by atoms with Crippen molar-refractivity contribution < 1.29 is 27.6 Å². The van der Waals surface area contributed by atoms with Gasteiger partial charge in [0.15, 0.2) is 0 Å². The molecule has 0 saturated heterocycles. The largest absolute Gasteiger partial charge is 0.416 e. The van der Waals surface area contributed by atoms with Gasteiger partial charge in [0.1, 0.15) is 5.02 Å². The Balaban J connectivity index is 1.85. The molecule has 0 aliphatic rings. The van der Waals surface area contributed by atoms with Crippen molar-refractivity contribution in [2.45, 2.75) is 19.3 Å². The molecule has 11 heteroatoms. The summed E-state index contributed by atoms with van der Waals surface area (Å²) in [5, 5.41) is 11.1. The summed E-state index contributed by atoms with van der Waals surface area (Å²) in [4.78, 5) is 25.1. The number of alkyl halides is 3. The smallest absolute Gasteiger partial charge is 0.383 e. The molecule has 1 heterocycles. The Bertz CT molecular complexity index is 1180. The van der Waals surface area contributed by atoms with E-state index in [2.05, 4.69) is 0 Å². The molecule has 7 nitrogen and oxygen atoms in total. The Morgan fingerprint density at radius 1 is 1.18 bits per heavy atom. The number of ether oxygens (including phenoxy) is 1. The van der Waals surface area contributed by atoms with Gasteiger partial charge in [0.2, 0.25) is 0 Å². The highest BCUT2D eigenvalue weighted by Gasteiger charge is 2.30. The number of aromatic nitrogens is 1. The van der Waals surface area contributed by atoms with Crippen LogP contribution < -0.4 is 0 Å². The van der Waals surface area contributed by atoms with Crippen LogP contribution in [0.3, 0.4) is 0 Å². The zero-order valence-electron chi connectivity index (χ0n) is 18.1. The van der Waals surface area contributed by atoms with Gasteiger partial charge in [-0.3, -0.25) is 14.9 Å². The summed E-state index contributed by atoms with van der Waals surface area (Å²) in [7, 11) is 1.48. The first kappa shape index (κ1) is 25.3. The predicted octanol–water partition coefficient (Wildman–Crippen LogP) is 5.41. The van der Waals surface area contributed by atoms with Crippen molar-refractivity contribution in [2.24, 2.45) is 0 Å². The SMILES string of the molecule is COCCN(Cc1cccn1Cc1cccc(C(F)(F)F)c1)C(=O)c1ccc(Cl)c([N+](=O)[O-])c1. The number of amides is 1. The summed E-state index contributed by atoms with van der Waals surface area (Å²) in [5.74, 6) is -0.469. The van der Waals surface area contributed by atoms with Crippen molar-refractivity contribution in [3.63, 3.8) is 0 Å². The highest BCUT2D eigenvalue weighted by Crippen LogP contribution is 2.30. The Labute approximate surface area is 198 Å². The fraction of sp³-hybridized carbons (Fsp3) is 0.261. The molecular weight excluding hydrogens is 475 g/mol. The second-order valence-corrected chi connectivity index (χ2v) is 7.88. The molecule has 1 aromatic heterocycles. The number of nitro groups is 1. The maximum atomic E-state index is 13.2. The summed E-state index contributed by atoms with van der Waals surface area (Å²) in [6.45, 7) is 0.700. The van der Waals surface area contributed by atoms with Gasteiger partial charge in [-0.15, -0.1) is 0 Å². The van der Waals surface area contributed by atoms with Gasteiger partial charge in [0.05, 0.1) is 23.6 Å². The van der Waals surface area contributed by atoms with E-state index in [-0.39, 0.29) is 42.5 Å². The molecule has 0 unspecified atom stereocenters. The maximum Gasteiger partial charge on any atom is 0.416 e. The molecule has 3 aromatic rings. The van der Waals surface area contributed by atoms with E-state index in [1.807, 2.05) is 0 Å². The van der Waals surface area contributed by atoms with Crippen LogP contribution in [0.15, 0.2) is 60.8 Å². The van der Waals surface area contributed by atoms with Crippen LogP contribution in [0.5, 0.6) is 0 Å². The van der Waals surface area contributed by atoms with E-state index in [4.69, 9.17) is 16.3 Å². The number of benzene rings is 2. The predicted molar refractivity (Wildman–Crippen MR) is 120 cm³/mol. The van der Waals surface area contributed by atoms with E-state index in [0.717, 1.165) is 18.2 Å². The highest BCUT2D eigenvalue weighted by atomic mass is 35.5. The Morgan fingerprint density at radius 2 is 1.94 bits per heavy atom. The third kappa shape index (κ3) is 6.15. The van der Waals surface area contributed by atoms with Crippen LogP contribution in [0.4, 0.5) is 18.9 Å². The normalized spacial score (nSPS) is 11.4. The van der Waals surface area contributed by atoms with E-state index in [0.29, 0.717) is 11.3 Å². The van der Waals surface area contributed by atoms with Crippen molar-refractivity contribution in [3.8, 4) is 0 Å². The zero-order chi connectivity index (χ0) is 24.9. The summed E-state index contributed by atoms with van der Waals surface area (Å²) in [5.41, 5.74) is 0.0935. The highest BCUT2D eigenvalue weighted by molar-refractivity contribution is 6.32. The van der Waals surface area contributed by atoms with Gasteiger partial charge in [0, 0.05) is 43.7 Å². The van der Waals surface area contributed by atoms with Gasteiger partial charge in [0.25, 0.3) is 11.6 Å². The molecule has 180 valence electrons. The first-order valence-corrected chi connectivity index (χ1v) is 10.5. The third-order valence-electron chi connectivity index (χ3n) is 5.13. The number of hydrogen-bond acceptors (Lipinski definition) is 4. The molecule has 0 atom stereocenters. The summed E-state index contributed by atoms with van der Waals surface area (Å²) in [6, 6.07) is 12.3. The van der Waals surface area contributed by atoms with E-state index >= 15 is 0 Å². The number of methoxy groups -OCH3 is 1. The van der Waals surface area contributed by atoms with Gasteiger partial charge >= 0.3 is 6.18 Å². The minimum absolute atomic E-state index is 0.0834. The molecule has 0 spiro atoms. The van der Waals surface area contributed by atoms with Crippen molar-refractivity contribution in [1.82, 2.24) is 9.47 Å². The van der Waals surface area contributed by atoms with Crippen molar-refractivity contribution >= 4 is 23.2 Å². The lowest BCUT2D eigenvalue weighted by molar-refractivity contribution is -0.384. The average molecular weight is 496 g/mol. The molecule has 0 bridgehead atoms. The Kier molecular flexibility index (Phi) is 7.95. The second-order valence-electron chi connectivity index (χ2n) is 7.47. The molecule has 0 aliphatic carbocycles. The number of nitrogens with zero attached hydrogens (tertiary/aromatic N) is 3. The maximum absolute atomic E-state index is 13.2. The quantitative estimate of drug-likeness (QED) is 0.294. The van der Waals surface area contributed by atoms with Gasteiger partial charge in [-0.1, -0.05) is 23.7 Å². The topological polar surface area (TPSA) is 77.6 Å². The van der Waals surface area contributed by atoms with Crippen LogP contribution in [0.1, 0.15) is 27.2 Å². The molecule has 0 radical (unpaired) electrons. The lowest BCUT2D eigenvalue weighted by Gasteiger charge is -2.23. The van der Waals surface area contributed by atoms with Crippen LogP contribution in [-0.4, -0.2) is 40.6 Å². The zero-order valence-corrected chi connectivity index (χ0v) is 18.8. The van der Waals surface area contributed by atoms with Crippen molar-refractivity contribution in [1.29, 1.82) is 0 Å². The number of rotatable bonds is 9. The third-order valence-corrected chi connectivity index (χ3v) is 5.45. The molecule has 0 N–H and O–H groups in total. The van der Waals surface area contributed by atoms with E-state index in [9.17, 15) is 28.1 Å². The van der Waals surface area contributed by atoms with E-state index < -0.39 is 22.6 Å². The van der Waals surface area contributed by atoms with E-state index in [1.165, 1.54) is 30.2 Å². The number of carbonyl (C=O) groups is 1. The van der Waals surface area contributed by atoms with E-state index in [1.54, 1.807) is 29.0 Å². The minimum atomic E-state index is -4.44. The second kappa shape index (κ2) is 10.7. The fourth-order valence-corrected chi connectivity index (χ4v) is 3.59. The lowest BCUT2D eigenvalue weighted by Crippen LogP contribution is -2.34. The van der Waals surface area contributed by atoms with Gasteiger partial charge < -0.3 is 14.2 Å². The van der Waals surface area contributed by atoms with Crippen LogP contribution >= 0.6 is 11.6 Å². The van der Waals surface area contributed by atoms with Crippen molar-refractivity contribution in [2.75, 3.05) is 20.3 Å². The summed E-state index contributed by atoms with van der Waals surface area (Å²) in [6.07, 6.45) is -2.73. The monoisotopic (exact) mass is 495 g/mol. The Morgan fingerprint density at radius 3 is 2.62 bits per heavy atom. The molecular formula is C23H21ClF3N3O4. The molecule has 1 amide bonds. The van der Waals surface area contributed by atoms with Crippen molar-refractivity contribution in [3.05, 3.63) is 98.3 Å². The van der Waals surface area contributed by atoms with Gasteiger partial charge in [-0.05, 0) is 42.0 Å². The number of carbonyl (C=O) groups excluding carboxylic acids is 1. The first-order chi connectivity index (χ1) is 16.1. The summed E-state index contributed by atoms with van der Waals surface area (Å²) < 4.78 is 46.0. The molecule has 2 aromatic carbocycles. The van der Waals surface area contributed by atoms with Crippen LogP contribution in [-0.2, 0) is 24.0 Å². The number of halogens is 4. The Hall–Kier alpha value is -3.37. The number of hydrogen-bond donors (Lipinski definition) is 0. The molecule has 0 aliphatic heterocycles. The van der Waals surface area contributed by atoms with Crippen LogP contribution in [0, 0.1) is 10.1 Å². The molecule has 34 heavy (non-hydrogen) atoms. The van der Waals surface area contributed by atoms with Crippen LogP contribution in [0.25, 0.3) is 0 Å². The molecule has 3 rings (SSSR count). The van der Waals surface area contributed by atoms with Crippen LogP contribution in [0.2, 0.25) is 5.02 Å². The first-order valence-electron chi connectivity index (χ1n) is 10.1.